The highest BCUT2D eigenvalue weighted by atomic mass is 79.9. The molecule has 2 fully saturated rings. The molecule has 0 amide bonds. The highest BCUT2D eigenvalue weighted by Crippen LogP contribution is 2.50. The fourth-order valence-corrected chi connectivity index (χ4v) is 4.02. The Kier molecular flexibility index (Phi) is 4.04. The number of rotatable bonds is 2. The molecule has 0 bridgehead atoms. The predicted molar refractivity (Wildman–Crippen MR) is 78.2 cm³/mol. The van der Waals surface area contributed by atoms with Gasteiger partial charge in [0.25, 0.3) is 0 Å². The van der Waals surface area contributed by atoms with Crippen molar-refractivity contribution in [2.24, 2.45) is 5.41 Å². The van der Waals surface area contributed by atoms with Gasteiger partial charge in [0.2, 0.25) is 0 Å². The summed E-state index contributed by atoms with van der Waals surface area (Å²) in [6, 6.07) is 1.99. The normalized spacial score (nSPS) is 24.5. The Hall–Kier alpha value is -0.970. The number of ether oxygens (including phenoxy) is 1. The van der Waals surface area contributed by atoms with Gasteiger partial charge in [-0.15, -0.1) is 0 Å². The molecule has 114 valence electrons. The zero-order valence-electron chi connectivity index (χ0n) is 11.6. The van der Waals surface area contributed by atoms with Crippen LogP contribution in [0.15, 0.2) is 16.6 Å². The summed E-state index contributed by atoms with van der Waals surface area (Å²) in [6.45, 7) is 0. The van der Waals surface area contributed by atoms with Crippen LogP contribution in [0, 0.1) is 17.0 Å². The van der Waals surface area contributed by atoms with Gasteiger partial charge in [-0.05, 0) is 34.8 Å². The standard InChI is InChI=1S/C16H17BrF2O2/c17-11-7-10(18)8-12(19)15(11)21-14-9-13(20)16(14)5-3-1-2-4-6-16/h7-8,14H,1-6,9H2. The smallest absolute Gasteiger partial charge is 0.169 e. The molecule has 1 aromatic rings. The van der Waals surface area contributed by atoms with Gasteiger partial charge in [0.05, 0.1) is 9.89 Å². The zero-order valence-corrected chi connectivity index (χ0v) is 13.2. The third-order valence-electron chi connectivity index (χ3n) is 4.76. The van der Waals surface area contributed by atoms with Gasteiger partial charge in [-0.2, -0.15) is 0 Å². The molecule has 3 rings (SSSR count). The van der Waals surface area contributed by atoms with Crippen molar-refractivity contribution in [3.8, 4) is 5.75 Å². The van der Waals surface area contributed by atoms with Gasteiger partial charge >= 0.3 is 0 Å². The van der Waals surface area contributed by atoms with Crippen molar-refractivity contribution in [1.82, 2.24) is 0 Å². The van der Waals surface area contributed by atoms with Crippen LogP contribution in [-0.2, 0) is 4.79 Å². The lowest BCUT2D eigenvalue weighted by molar-refractivity contribution is -0.154. The minimum atomic E-state index is -0.731. The van der Waals surface area contributed by atoms with E-state index in [-0.39, 0.29) is 22.1 Å². The van der Waals surface area contributed by atoms with Crippen molar-refractivity contribution in [1.29, 1.82) is 0 Å². The molecule has 21 heavy (non-hydrogen) atoms. The number of hydrogen-bond donors (Lipinski definition) is 0. The molecule has 5 heteroatoms. The van der Waals surface area contributed by atoms with Gasteiger partial charge in [-0.25, -0.2) is 8.78 Å². The Balaban J connectivity index is 1.83. The highest BCUT2D eigenvalue weighted by Gasteiger charge is 2.56. The molecule has 1 spiro atoms. The molecule has 0 saturated heterocycles. The predicted octanol–water partition coefficient (Wildman–Crippen LogP) is 4.79. The molecule has 2 nitrogen and oxygen atoms in total. The van der Waals surface area contributed by atoms with Crippen LogP contribution in [0.2, 0.25) is 0 Å². The Labute approximate surface area is 131 Å². The summed E-state index contributed by atoms with van der Waals surface area (Å²) in [6.07, 6.45) is 5.96. The molecule has 0 aliphatic heterocycles. The number of benzene rings is 1. The molecular weight excluding hydrogens is 342 g/mol. The van der Waals surface area contributed by atoms with E-state index >= 15 is 0 Å². The molecular formula is C16H17BrF2O2. The minimum absolute atomic E-state index is 0.0116. The summed E-state index contributed by atoms with van der Waals surface area (Å²) in [5, 5.41) is 0. The van der Waals surface area contributed by atoms with E-state index in [4.69, 9.17) is 4.74 Å². The fraction of sp³-hybridized carbons (Fsp3) is 0.562. The second kappa shape index (κ2) is 5.67. The Morgan fingerprint density at radius 2 is 1.81 bits per heavy atom. The summed E-state index contributed by atoms with van der Waals surface area (Å²) in [4.78, 5) is 12.1. The number of ketones is 1. The Morgan fingerprint density at radius 1 is 1.14 bits per heavy atom. The Morgan fingerprint density at radius 3 is 2.38 bits per heavy atom. The van der Waals surface area contributed by atoms with Crippen molar-refractivity contribution in [3.63, 3.8) is 0 Å². The van der Waals surface area contributed by atoms with Gasteiger partial charge in [0.15, 0.2) is 11.6 Å². The van der Waals surface area contributed by atoms with Crippen molar-refractivity contribution < 1.29 is 18.3 Å². The van der Waals surface area contributed by atoms with E-state index in [1.54, 1.807) is 0 Å². The summed E-state index contributed by atoms with van der Waals surface area (Å²) in [5.74, 6) is -1.14. The number of halogens is 3. The van der Waals surface area contributed by atoms with Crippen molar-refractivity contribution >= 4 is 21.7 Å². The topological polar surface area (TPSA) is 26.3 Å². The summed E-state index contributed by atoms with van der Waals surface area (Å²) in [7, 11) is 0. The first-order valence-corrected chi connectivity index (χ1v) is 8.17. The molecule has 2 aliphatic carbocycles. The summed E-state index contributed by atoms with van der Waals surface area (Å²) in [5.41, 5.74) is -0.448. The first-order chi connectivity index (χ1) is 10.0. The SMILES string of the molecule is O=C1CC(Oc2c(F)cc(F)cc2Br)C12CCCCCC2. The van der Waals surface area contributed by atoms with Crippen LogP contribution in [0.1, 0.15) is 44.9 Å². The second-order valence-electron chi connectivity index (χ2n) is 6.00. The van der Waals surface area contributed by atoms with E-state index in [1.165, 1.54) is 6.07 Å². The van der Waals surface area contributed by atoms with Crippen LogP contribution in [-0.4, -0.2) is 11.9 Å². The molecule has 0 N–H and O–H groups in total. The summed E-state index contributed by atoms with van der Waals surface area (Å²) < 4.78 is 33.0. The maximum atomic E-state index is 13.9. The number of carbonyl (C=O) groups is 1. The van der Waals surface area contributed by atoms with Gasteiger partial charge in [-0.1, -0.05) is 25.7 Å². The molecule has 2 aliphatic rings. The van der Waals surface area contributed by atoms with Crippen LogP contribution in [0.5, 0.6) is 5.75 Å². The zero-order chi connectivity index (χ0) is 15.0. The second-order valence-corrected chi connectivity index (χ2v) is 6.86. The van der Waals surface area contributed by atoms with E-state index < -0.39 is 17.0 Å². The van der Waals surface area contributed by atoms with Gasteiger partial charge in [-0.3, -0.25) is 4.79 Å². The molecule has 0 aromatic heterocycles. The monoisotopic (exact) mass is 358 g/mol. The maximum Gasteiger partial charge on any atom is 0.169 e. The van der Waals surface area contributed by atoms with Crippen LogP contribution in [0.25, 0.3) is 0 Å². The third-order valence-corrected chi connectivity index (χ3v) is 5.35. The molecule has 0 radical (unpaired) electrons. The first-order valence-electron chi connectivity index (χ1n) is 7.37. The van der Waals surface area contributed by atoms with E-state index in [9.17, 15) is 13.6 Å². The minimum Gasteiger partial charge on any atom is -0.485 e. The molecule has 1 atom stereocenters. The lowest BCUT2D eigenvalue weighted by atomic mass is 9.60. The molecule has 1 aromatic carbocycles. The average Bonchev–Trinajstić information content (AvgIpc) is 2.69. The van der Waals surface area contributed by atoms with Crippen LogP contribution in [0.4, 0.5) is 8.78 Å². The van der Waals surface area contributed by atoms with Gasteiger partial charge in [0, 0.05) is 12.5 Å². The average molecular weight is 359 g/mol. The van der Waals surface area contributed by atoms with Gasteiger partial charge in [0.1, 0.15) is 17.7 Å². The van der Waals surface area contributed by atoms with Crippen molar-refractivity contribution in [2.45, 2.75) is 51.0 Å². The van der Waals surface area contributed by atoms with Crippen LogP contribution in [0.3, 0.4) is 0 Å². The number of hydrogen-bond acceptors (Lipinski definition) is 2. The van der Waals surface area contributed by atoms with E-state index in [1.807, 2.05) is 0 Å². The van der Waals surface area contributed by atoms with Crippen molar-refractivity contribution in [2.75, 3.05) is 0 Å². The largest absolute Gasteiger partial charge is 0.485 e. The van der Waals surface area contributed by atoms with E-state index in [0.29, 0.717) is 6.42 Å². The van der Waals surface area contributed by atoms with E-state index in [0.717, 1.165) is 44.6 Å². The first kappa shape index (κ1) is 14.9. The third kappa shape index (κ3) is 2.60. The van der Waals surface area contributed by atoms with Crippen LogP contribution >= 0.6 is 15.9 Å². The molecule has 0 heterocycles. The molecule has 2 saturated carbocycles. The van der Waals surface area contributed by atoms with E-state index in [2.05, 4.69) is 15.9 Å². The number of Topliss-reactive ketones (excluding diaryl/α,β-unsaturated/α-hetero) is 1. The quantitative estimate of drug-likeness (QED) is 0.759. The van der Waals surface area contributed by atoms with Crippen LogP contribution < -0.4 is 4.74 Å². The summed E-state index contributed by atoms with van der Waals surface area (Å²) >= 11 is 3.13. The van der Waals surface area contributed by atoms with Crippen molar-refractivity contribution in [3.05, 3.63) is 28.2 Å². The lowest BCUT2D eigenvalue weighted by Crippen LogP contribution is -2.56. The van der Waals surface area contributed by atoms with Gasteiger partial charge < -0.3 is 4.74 Å². The highest BCUT2D eigenvalue weighted by molar-refractivity contribution is 9.10. The Bertz CT molecular complexity index is 542. The maximum absolute atomic E-state index is 13.9. The fourth-order valence-electron chi connectivity index (χ4n) is 3.51. The number of carbonyl (C=O) groups excluding carboxylic acids is 1. The lowest BCUT2D eigenvalue weighted by Gasteiger charge is -2.47. The molecule has 1 unspecified atom stereocenters.